The predicted octanol–water partition coefficient (Wildman–Crippen LogP) is 2.65. The average molecular weight is 369 g/mol. The van der Waals surface area contributed by atoms with E-state index >= 15 is 0 Å². The number of imidazole rings is 1. The number of nitrogens with zero attached hydrogens (tertiary/aromatic N) is 5. The second kappa shape index (κ2) is 6.75. The van der Waals surface area contributed by atoms with E-state index in [-0.39, 0.29) is 5.82 Å². The summed E-state index contributed by atoms with van der Waals surface area (Å²) in [5, 5.41) is 15.6. The fourth-order valence-corrected chi connectivity index (χ4v) is 3.45. The molecule has 1 saturated heterocycles. The Bertz CT molecular complexity index is 980. The molecule has 2 aromatic heterocycles. The van der Waals surface area contributed by atoms with Gasteiger partial charge in [0.05, 0.1) is 14.2 Å². The molecule has 1 fully saturated rings. The van der Waals surface area contributed by atoms with Crippen LogP contribution in [0.1, 0.15) is 17.9 Å². The van der Waals surface area contributed by atoms with Crippen LogP contribution in [0.25, 0.3) is 5.65 Å². The molecule has 3 heterocycles. The van der Waals surface area contributed by atoms with Gasteiger partial charge in [0.1, 0.15) is 17.7 Å². The highest BCUT2D eigenvalue weighted by atomic mass is 16.6. The lowest BCUT2D eigenvalue weighted by Gasteiger charge is -2.17. The first-order valence-corrected chi connectivity index (χ1v) is 8.56. The smallest absolute Gasteiger partial charge is 0.368 e. The standard InChI is InChI=1S/C18H19N5O4/c1-26-14-7-13(8-15(9-14)27-2)12-5-6-21(11-12)17-4-3-16-19-10-18(23(24)25)22(16)20-17/h3-4,7-10,12H,5-6,11H2,1-2H3. The van der Waals surface area contributed by atoms with Crippen LogP contribution in [-0.4, -0.2) is 46.8 Å². The SMILES string of the molecule is COc1cc(OC)cc(C2CCN(c3ccc4ncc([N+](=O)[O-])n4n3)C2)c1. The van der Waals surface area contributed by atoms with Crippen LogP contribution in [0.2, 0.25) is 0 Å². The molecule has 9 heteroatoms. The van der Waals surface area contributed by atoms with E-state index in [0.29, 0.717) is 17.4 Å². The highest BCUT2D eigenvalue weighted by Gasteiger charge is 2.27. The van der Waals surface area contributed by atoms with Crippen molar-refractivity contribution in [2.45, 2.75) is 12.3 Å². The minimum Gasteiger partial charge on any atom is -0.497 e. The van der Waals surface area contributed by atoms with Crippen molar-refractivity contribution >= 4 is 17.3 Å². The molecule has 1 aliphatic rings. The summed E-state index contributed by atoms with van der Waals surface area (Å²) in [6.45, 7) is 1.57. The number of aromatic nitrogens is 3. The number of ether oxygens (including phenoxy) is 2. The molecule has 1 unspecified atom stereocenters. The quantitative estimate of drug-likeness (QED) is 0.504. The Morgan fingerprint density at radius 2 is 1.93 bits per heavy atom. The van der Waals surface area contributed by atoms with Crippen LogP contribution >= 0.6 is 0 Å². The van der Waals surface area contributed by atoms with Gasteiger partial charge in [-0.2, -0.15) is 0 Å². The molecule has 140 valence electrons. The van der Waals surface area contributed by atoms with Crippen LogP contribution < -0.4 is 14.4 Å². The number of hydrogen-bond donors (Lipinski definition) is 0. The number of methoxy groups -OCH3 is 2. The molecule has 0 N–H and O–H groups in total. The van der Waals surface area contributed by atoms with E-state index < -0.39 is 4.92 Å². The first-order valence-electron chi connectivity index (χ1n) is 8.56. The predicted molar refractivity (Wildman–Crippen MR) is 98.8 cm³/mol. The molecule has 0 saturated carbocycles. The Hall–Kier alpha value is -3.36. The maximum Gasteiger partial charge on any atom is 0.368 e. The van der Waals surface area contributed by atoms with Gasteiger partial charge in [-0.25, -0.2) is 4.98 Å². The molecule has 3 aromatic rings. The third-order valence-corrected chi connectivity index (χ3v) is 4.87. The number of anilines is 1. The topological polar surface area (TPSA) is 95.0 Å². The van der Waals surface area contributed by atoms with Crippen molar-refractivity contribution in [3.8, 4) is 11.5 Å². The molecule has 9 nitrogen and oxygen atoms in total. The van der Waals surface area contributed by atoms with Crippen molar-refractivity contribution < 1.29 is 14.4 Å². The van der Waals surface area contributed by atoms with E-state index in [1.807, 2.05) is 24.3 Å². The van der Waals surface area contributed by atoms with Crippen LogP contribution in [0.5, 0.6) is 11.5 Å². The number of rotatable bonds is 5. The Balaban J connectivity index is 1.60. The lowest BCUT2D eigenvalue weighted by Crippen LogP contribution is -2.21. The zero-order valence-corrected chi connectivity index (χ0v) is 15.0. The molecule has 0 radical (unpaired) electrons. The third-order valence-electron chi connectivity index (χ3n) is 4.87. The number of hydrogen-bond acceptors (Lipinski definition) is 7. The Morgan fingerprint density at radius 1 is 1.19 bits per heavy atom. The zero-order valence-electron chi connectivity index (χ0n) is 15.0. The van der Waals surface area contributed by atoms with Gasteiger partial charge in [0.25, 0.3) is 0 Å². The molecule has 0 aliphatic carbocycles. The summed E-state index contributed by atoms with van der Waals surface area (Å²) < 4.78 is 12.0. The molecular formula is C18H19N5O4. The summed E-state index contributed by atoms with van der Waals surface area (Å²) in [5.74, 6) is 2.37. The molecule has 0 spiro atoms. The van der Waals surface area contributed by atoms with Crippen molar-refractivity contribution in [2.75, 3.05) is 32.2 Å². The minimum atomic E-state index is -0.480. The van der Waals surface area contributed by atoms with Gasteiger partial charge in [0.2, 0.25) is 5.65 Å². The molecule has 1 aliphatic heterocycles. The largest absolute Gasteiger partial charge is 0.497 e. The normalized spacial score (nSPS) is 16.7. The van der Waals surface area contributed by atoms with E-state index in [9.17, 15) is 10.1 Å². The van der Waals surface area contributed by atoms with Crippen LogP contribution in [0.15, 0.2) is 36.5 Å². The summed E-state index contributed by atoms with van der Waals surface area (Å²) in [4.78, 5) is 16.8. The van der Waals surface area contributed by atoms with Gasteiger partial charge in [-0.15, -0.1) is 0 Å². The van der Waals surface area contributed by atoms with E-state index in [0.717, 1.165) is 36.6 Å². The fourth-order valence-electron chi connectivity index (χ4n) is 3.45. The van der Waals surface area contributed by atoms with Crippen LogP contribution in [0, 0.1) is 10.1 Å². The molecule has 0 amide bonds. The zero-order chi connectivity index (χ0) is 19.0. The van der Waals surface area contributed by atoms with Crippen LogP contribution in [0.3, 0.4) is 0 Å². The van der Waals surface area contributed by atoms with Gasteiger partial charge in [0.15, 0.2) is 5.82 Å². The second-order valence-electron chi connectivity index (χ2n) is 6.41. The monoisotopic (exact) mass is 369 g/mol. The highest BCUT2D eigenvalue weighted by Crippen LogP contribution is 2.34. The minimum absolute atomic E-state index is 0.139. The van der Waals surface area contributed by atoms with Crippen LogP contribution in [0.4, 0.5) is 11.6 Å². The summed E-state index contributed by atoms with van der Waals surface area (Å²) in [7, 11) is 3.27. The lowest BCUT2D eigenvalue weighted by molar-refractivity contribution is -0.391. The summed E-state index contributed by atoms with van der Waals surface area (Å²) in [6.07, 6.45) is 2.17. The van der Waals surface area contributed by atoms with E-state index in [1.165, 1.54) is 10.7 Å². The van der Waals surface area contributed by atoms with E-state index in [4.69, 9.17) is 9.47 Å². The van der Waals surface area contributed by atoms with Crippen molar-refractivity contribution in [3.05, 3.63) is 52.2 Å². The Labute approximate surface area is 155 Å². The maximum atomic E-state index is 11.1. The van der Waals surface area contributed by atoms with Gasteiger partial charge in [-0.05, 0) is 35.1 Å². The van der Waals surface area contributed by atoms with E-state index in [1.54, 1.807) is 20.3 Å². The van der Waals surface area contributed by atoms with Crippen molar-refractivity contribution in [1.29, 1.82) is 0 Å². The van der Waals surface area contributed by atoms with Gasteiger partial charge in [-0.1, -0.05) is 9.61 Å². The first kappa shape index (κ1) is 17.1. The van der Waals surface area contributed by atoms with E-state index in [2.05, 4.69) is 15.0 Å². The van der Waals surface area contributed by atoms with Gasteiger partial charge in [-0.3, -0.25) is 0 Å². The van der Waals surface area contributed by atoms with Crippen molar-refractivity contribution in [2.24, 2.45) is 0 Å². The molecular weight excluding hydrogens is 350 g/mol. The van der Waals surface area contributed by atoms with Crippen molar-refractivity contribution in [3.63, 3.8) is 0 Å². The van der Waals surface area contributed by atoms with Gasteiger partial charge >= 0.3 is 5.82 Å². The molecule has 27 heavy (non-hydrogen) atoms. The molecule has 4 rings (SSSR count). The first-order chi connectivity index (χ1) is 13.1. The molecule has 1 atom stereocenters. The average Bonchev–Trinajstić information content (AvgIpc) is 3.34. The van der Waals surface area contributed by atoms with Crippen LogP contribution in [-0.2, 0) is 0 Å². The van der Waals surface area contributed by atoms with Crippen molar-refractivity contribution in [1.82, 2.24) is 14.6 Å². The summed E-state index contributed by atoms with van der Waals surface area (Å²) >= 11 is 0. The van der Waals surface area contributed by atoms with Gasteiger partial charge in [0, 0.05) is 31.1 Å². The molecule has 0 bridgehead atoms. The second-order valence-corrected chi connectivity index (χ2v) is 6.41. The summed E-state index contributed by atoms with van der Waals surface area (Å²) in [6, 6.07) is 9.49. The lowest BCUT2D eigenvalue weighted by atomic mass is 9.98. The number of nitro groups is 1. The molecule has 1 aromatic carbocycles. The Morgan fingerprint density at radius 3 is 2.59 bits per heavy atom. The highest BCUT2D eigenvalue weighted by molar-refractivity contribution is 5.50. The summed E-state index contributed by atoms with van der Waals surface area (Å²) in [5.41, 5.74) is 1.60. The fraction of sp³-hybridized carbons (Fsp3) is 0.333. The number of fused-ring (bicyclic) bond motifs is 1. The number of benzene rings is 1. The van der Waals surface area contributed by atoms with Gasteiger partial charge < -0.3 is 24.5 Å². The maximum absolute atomic E-state index is 11.1. The Kier molecular flexibility index (Phi) is 4.27. The third kappa shape index (κ3) is 3.12.